The molecule has 0 spiro atoms. The van der Waals surface area contributed by atoms with Gasteiger partial charge in [0.2, 0.25) is 0 Å². The number of aromatic nitrogens is 1. The number of carbonyl (C=O) groups excluding carboxylic acids is 1. The number of hydrogen-bond donors (Lipinski definition) is 0. The molecule has 17 heavy (non-hydrogen) atoms. The molecule has 0 aliphatic carbocycles. The summed E-state index contributed by atoms with van der Waals surface area (Å²) in [6, 6.07) is 7.28. The van der Waals surface area contributed by atoms with Crippen molar-refractivity contribution in [3.8, 4) is 5.75 Å². The standard InChI is InChI=1S/C13H13NO3/c1-3-17-13(15)10-6-9-4-5-11(16-2)7-12(9)14-8-10/h4-8H,3H2,1-2H3. The minimum atomic E-state index is -0.349. The van der Waals surface area contributed by atoms with Gasteiger partial charge in [-0.05, 0) is 25.1 Å². The third-order valence-corrected chi connectivity index (χ3v) is 2.40. The highest BCUT2D eigenvalue weighted by Gasteiger charge is 2.08. The predicted octanol–water partition coefficient (Wildman–Crippen LogP) is 2.42. The Morgan fingerprint density at radius 3 is 2.88 bits per heavy atom. The van der Waals surface area contributed by atoms with Crippen LogP contribution < -0.4 is 4.74 Å². The van der Waals surface area contributed by atoms with Gasteiger partial charge in [-0.15, -0.1) is 0 Å². The van der Waals surface area contributed by atoms with Gasteiger partial charge in [-0.1, -0.05) is 0 Å². The van der Waals surface area contributed by atoms with E-state index in [1.165, 1.54) is 6.20 Å². The summed E-state index contributed by atoms with van der Waals surface area (Å²) < 4.78 is 10.0. The zero-order valence-electron chi connectivity index (χ0n) is 9.77. The van der Waals surface area contributed by atoms with Crippen LogP contribution in [0, 0.1) is 0 Å². The molecule has 0 unspecified atom stereocenters. The number of rotatable bonds is 3. The SMILES string of the molecule is CCOC(=O)c1cnc2cc(OC)ccc2c1. The number of fused-ring (bicyclic) bond motifs is 1. The Labute approximate surface area is 99.2 Å². The Hall–Kier alpha value is -2.10. The van der Waals surface area contributed by atoms with Gasteiger partial charge in [0.15, 0.2) is 0 Å². The average Bonchev–Trinajstić information content (AvgIpc) is 2.37. The minimum absolute atomic E-state index is 0.349. The molecule has 2 rings (SSSR count). The first kappa shape index (κ1) is 11.4. The largest absolute Gasteiger partial charge is 0.497 e. The van der Waals surface area contributed by atoms with Crippen LogP contribution in [0.3, 0.4) is 0 Å². The van der Waals surface area contributed by atoms with Crippen molar-refractivity contribution in [1.82, 2.24) is 4.98 Å². The van der Waals surface area contributed by atoms with Gasteiger partial charge in [-0.3, -0.25) is 4.98 Å². The highest BCUT2D eigenvalue weighted by atomic mass is 16.5. The van der Waals surface area contributed by atoms with E-state index in [0.717, 1.165) is 16.7 Å². The zero-order valence-corrected chi connectivity index (χ0v) is 9.77. The Bertz CT molecular complexity index is 551. The van der Waals surface area contributed by atoms with E-state index in [2.05, 4.69) is 4.98 Å². The Balaban J connectivity index is 2.41. The Kier molecular flexibility index (Phi) is 3.23. The lowest BCUT2D eigenvalue weighted by atomic mass is 10.1. The van der Waals surface area contributed by atoms with Crippen LogP contribution in [0.15, 0.2) is 30.5 Å². The molecular weight excluding hydrogens is 218 g/mol. The van der Waals surface area contributed by atoms with Gasteiger partial charge < -0.3 is 9.47 Å². The number of carbonyl (C=O) groups is 1. The number of benzene rings is 1. The topological polar surface area (TPSA) is 48.4 Å². The molecule has 0 saturated heterocycles. The highest BCUT2D eigenvalue weighted by molar-refractivity contribution is 5.93. The lowest BCUT2D eigenvalue weighted by Crippen LogP contribution is -2.04. The fourth-order valence-corrected chi connectivity index (χ4v) is 1.55. The number of ether oxygens (including phenoxy) is 2. The van der Waals surface area contributed by atoms with Gasteiger partial charge in [0.25, 0.3) is 0 Å². The van der Waals surface area contributed by atoms with Crippen molar-refractivity contribution in [1.29, 1.82) is 0 Å². The van der Waals surface area contributed by atoms with Crippen molar-refractivity contribution in [3.05, 3.63) is 36.0 Å². The number of esters is 1. The van der Waals surface area contributed by atoms with E-state index in [1.54, 1.807) is 20.1 Å². The summed E-state index contributed by atoms with van der Waals surface area (Å²) >= 11 is 0. The molecule has 0 aliphatic heterocycles. The summed E-state index contributed by atoms with van der Waals surface area (Å²) in [5.74, 6) is 0.395. The summed E-state index contributed by atoms with van der Waals surface area (Å²) in [6.07, 6.45) is 1.51. The normalized spacial score (nSPS) is 10.2. The maximum absolute atomic E-state index is 11.5. The molecule has 0 fully saturated rings. The van der Waals surface area contributed by atoms with Crippen molar-refractivity contribution < 1.29 is 14.3 Å². The minimum Gasteiger partial charge on any atom is -0.497 e. The predicted molar refractivity (Wildman–Crippen MR) is 64.3 cm³/mol. The Morgan fingerprint density at radius 2 is 2.18 bits per heavy atom. The summed E-state index contributed by atoms with van der Waals surface area (Å²) in [5, 5.41) is 0.886. The van der Waals surface area contributed by atoms with E-state index < -0.39 is 0 Å². The van der Waals surface area contributed by atoms with Crippen LogP contribution in [0.25, 0.3) is 10.9 Å². The van der Waals surface area contributed by atoms with Crippen LogP contribution in [0.2, 0.25) is 0 Å². The second kappa shape index (κ2) is 4.82. The molecule has 4 heteroatoms. The number of methoxy groups -OCH3 is 1. The van der Waals surface area contributed by atoms with Gasteiger partial charge in [0.05, 0.1) is 24.8 Å². The van der Waals surface area contributed by atoms with Gasteiger partial charge in [0, 0.05) is 17.6 Å². The highest BCUT2D eigenvalue weighted by Crippen LogP contribution is 2.19. The fraction of sp³-hybridized carbons (Fsp3) is 0.231. The first-order chi connectivity index (χ1) is 8.24. The molecule has 0 N–H and O–H groups in total. The first-order valence-electron chi connectivity index (χ1n) is 5.35. The van der Waals surface area contributed by atoms with Crippen LogP contribution >= 0.6 is 0 Å². The molecule has 1 aromatic heterocycles. The maximum Gasteiger partial charge on any atom is 0.339 e. The number of pyridine rings is 1. The average molecular weight is 231 g/mol. The second-order valence-electron chi connectivity index (χ2n) is 3.50. The van der Waals surface area contributed by atoms with Crippen LogP contribution in [-0.4, -0.2) is 24.7 Å². The fourth-order valence-electron chi connectivity index (χ4n) is 1.55. The molecule has 1 aromatic carbocycles. The smallest absolute Gasteiger partial charge is 0.339 e. The number of hydrogen-bond acceptors (Lipinski definition) is 4. The molecule has 0 amide bonds. The van der Waals surface area contributed by atoms with Gasteiger partial charge in [0.1, 0.15) is 5.75 Å². The number of nitrogens with zero attached hydrogens (tertiary/aromatic N) is 1. The third-order valence-electron chi connectivity index (χ3n) is 2.40. The molecule has 88 valence electrons. The van der Waals surface area contributed by atoms with E-state index in [4.69, 9.17) is 9.47 Å². The molecular formula is C13H13NO3. The lowest BCUT2D eigenvalue weighted by Gasteiger charge is -2.04. The zero-order chi connectivity index (χ0) is 12.3. The summed E-state index contributed by atoms with van der Waals surface area (Å²) in [4.78, 5) is 15.7. The van der Waals surface area contributed by atoms with Crippen molar-refractivity contribution in [2.24, 2.45) is 0 Å². The van der Waals surface area contributed by atoms with E-state index in [0.29, 0.717) is 12.2 Å². The third kappa shape index (κ3) is 2.36. The van der Waals surface area contributed by atoms with Crippen LogP contribution in [0.1, 0.15) is 17.3 Å². The van der Waals surface area contributed by atoms with E-state index in [1.807, 2.05) is 18.2 Å². The molecule has 0 radical (unpaired) electrons. The van der Waals surface area contributed by atoms with Crippen molar-refractivity contribution in [3.63, 3.8) is 0 Å². The molecule has 0 aliphatic rings. The van der Waals surface area contributed by atoms with Gasteiger partial charge in [-0.25, -0.2) is 4.79 Å². The van der Waals surface area contributed by atoms with Gasteiger partial charge in [-0.2, -0.15) is 0 Å². The van der Waals surface area contributed by atoms with Crippen molar-refractivity contribution in [2.75, 3.05) is 13.7 Å². The van der Waals surface area contributed by atoms with Crippen LogP contribution in [-0.2, 0) is 4.74 Å². The molecule has 0 saturated carbocycles. The second-order valence-corrected chi connectivity index (χ2v) is 3.50. The maximum atomic E-state index is 11.5. The quantitative estimate of drug-likeness (QED) is 0.761. The van der Waals surface area contributed by atoms with Crippen LogP contribution in [0.5, 0.6) is 5.75 Å². The molecule has 0 bridgehead atoms. The summed E-state index contributed by atoms with van der Waals surface area (Å²) in [6.45, 7) is 2.14. The van der Waals surface area contributed by atoms with Crippen LogP contribution in [0.4, 0.5) is 0 Å². The monoisotopic (exact) mass is 231 g/mol. The van der Waals surface area contributed by atoms with E-state index >= 15 is 0 Å². The summed E-state index contributed by atoms with van der Waals surface area (Å²) in [5.41, 5.74) is 1.25. The lowest BCUT2D eigenvalue weighted by molar-refractivity contribution is 0.0526. The van der Waals surface area contributed by atoms with E-state index in [-0.39, 0.29) is 5.97 Å². The van der Waals surface area contributed by atoms with E-state index in [9.17, 15) is 4.79 Å². The molecule has 4 nitrogen and oxygen atoms in total. The van der Waals surface area contributed by atoms with Gasteiger partial charge >= 0.3 is 5.97 Å². The molecule has 1 heterocycles. The first-order valence-corrected chi connectivity index (χ1v) is 5.35. The Morgan fingerprint density at radius 1 is 1.35 bits per heavy atom. The molecule has 0 atom stereocenters. The summed E-state index contributed by atoms with van der Waals surface area (Å²) in [7, 11) is 1.61. The van der Waals surface area contributed by atoms with Crippen molar-refractivity contribution >= 4 is 16.9 Å². The van der Waals surface area contributed by atoms with Crippen molar-refractivity contribution in [2.45, 2.75) is 6.92 Å². The molecule has 2 aromatic rings.